The fourth-order valence-corrected chi connectivity index (χ4v) is 3.44. The van der Waals surface area contributed by atoms with Gasteiger partial charge >= 0.3 is 0 Å². The summed E-state index contributed by atoms with van der Waals surface area (Å²) in [6.07, 6.45) is 11.8. The molecule has 0 bridgehead atoms. The Morgan fingerprint density at radius 1 is 1.20 bits per heavy atom. The molecule has 0 amide bonds. The summed E-state index contributed by atoms with van der Waals surface area (Å²) in [4.78, 5) is 0. The van der Waals surface area contributed by atoms with Crippen LogP contribution in [-0.4, -0.2) is 23.6 Å². The second-order valence-electron chi connectivity index (χ2n) is 4.81. The van der Waals surface area contributed by atoms with Gasteiger partial charge in [0.2, 0.25) is 0 Å². The van der Waals surface area contributed by atoms with Gasteiger partial charge in [0.15, 0.2) is 0 Å². The fourth-order valence-electron chi connectivity index (χ4n) is 2.65. The lowest BCUT2D eigenvalue weighted by Crippen LogP contribution is -2.36. The Labute approximate surface area is 99.8 Å². The summed E-state index contributed by atoms with van der Waals surface area (Å²) in [5.41, 5.74) is 0. The van der Waals surface area contributed by atoms with Gasteiger partial charge in [0.25, 0.3) is 0 Å². The van der Waals surface area contributed by atoms with Crippen molar-refractivity contribution < 1.29 is 0 Å². The van der Waals surface area contributed by atoms with Crippen LogP contribution in [0.15, 0.2) is 0 Å². The van der Waals surface area contributed by atoms with Crippen LogP contribution in [0.5, 0.6) is 0 Å². The van der Waals surface area contributed by atoms with Crippen molar-refractivity contribution >= 4 is 11.8 Å². The lowest BCUT2D eigenvalue weighted by Gasteiger charge is -2.22. The Kier molecular flexibility index (Phi) is 6.74. The lowest BCUT2D eigenvalue weighted by molar-refractivity contribution is 0.386. The first-order valence-electron chi connectivity index (χ1n) is 6.59. The molecule has 2 heteroatoms. The first-order valence-corrected chi connectivity index (χ1v) is 7.87. The molecular weight excluding hydrogens is 202 g/mol. The van der Waals surface area contributed by atoms with Gasteiger partial charge in [0, 0.05) is 17.3 Å². The van der Waals surface area contributed by atoms with Gasteiger partial charge in [-0.05, 0) is 38.4 Å². The molecule has 1 nitrogen and oxygen atoms in total. The molecule has 1 aliphatic rings. The summed E-state index contributed by atoms with van der Waals surface area (Å²) in [5.74, 6) is 0. The van der Waals surface area contributed by atoms with Crippen LogP contribution in [0, 0.1) is 0 Å². The predicted molar refractivity (Wildman–Crippen MR) is 71.7 cm³/mol. The summed E-state index contributed by atoms with van der Waals surface area (Å²) >= 11 is 2.05. The first-order chi connectivity index (χ1) is 7.30. The minimum Gasteiger partial charge on any atom is -0.311 e. The van der Waals surface area contributed by atoms with E-state index >= 15 is 0 Å². The third-order valence-corrected chi connectivity index (χ3v) is 4.56. The van der Waals surface area contributed by atoms with Crippen molar-refractivity contribution in [2.24, 2.45) is 0 Å². The van der Waals surface area contributed by atoms with Crippen molar-refractivity contribution in [2.75, 3.05) is 6.26 Å². The van der Waals surface area contributed by atoms with Gasteiger partial charge in [-0.3, -0.25) is 0 Å². The van der Waals surface area contributed by atoms with E-state index in [9.17, 15) is 0 Å². The molecule has 0 radical (unpaired) electrons. The van der Waals surface area contributed by atoms with E-state index in [0.717, 1.165) is 17.3 Å². The van der Waals surface area contributed by atoms with E-state index in [1.54, 1.807) is 0 Å². The number of thioether (sulfide) groups is 1. The van der Waals surface area contributed by atoms with Crippen LogP contribution in [0.25, 0.3) is 0 Å². The molecule has 2 unspecified atom stereocenters. The van der Waals surface area contributed by atoms with E-state index in [2.05, 4.69) is 25.4 Å². The molecule has 90 valence electrons. The SMILES string of the molecule is CCCC(CCC)NC1CCC(SC)C1. The van der Waals surface area contributed by atoms with Crippen molar-refractivity contribution in [1.82, 2.24) is 5.32 Å². The van der Waals surface area contributed by atoms with Crippen LogP contribution in [0.1, 0.15) is 58.8 Å². The Morgan fingerprint density at radius 2 is 1.87 bits per heavy atom. The molecule has 1 saturated carbocycles. The highest BCUT2D eigenvalue weighted by Crippen LogP contribution is 2.28. The number of hydrogen-bond acceptors (Lipinski definition) is 2. The van der Waals surface area contributed by atoms with Crippen molar-refractivity contribution in [3.8, 4) is 0 Å². The molecule has 0 aromatic heterocycles. The standard InChI is InChI=1S/C13H27NS/c1-4-6-11(7-5-2)14-12-8-9-13(10-12)15-3/h11-14H,4-10H2,1-3H3. The molecule has 0 aliphatic heterocycles. The highest BCUT2D eigenvalue weighted by molar-refractivity contribution is 7.99. The second-order valence-corrected chi connectivity index (χ2v) is 5.95. The molecule has 2 atom stereocenters. The Bertz CT molecular complexity index is 155. The Morgan fingerprint density at radius 3 is 2.33 bits per heavy atom. The molecule has 0 saturated heterocycles. The highest BCUT2D eigenvalue weighted by atomic mass is 32.2. The average molecular weight is 229 g/mol. The molecule has 1 aliphatic carbocycles. The number of nitrogens with one attached hydrogen (secondary N) is 1. The van der Waals surface area contributed by atoms with E-state index in [4.69, 9.17) is 0 Å². The van der Waals surface area contributed by atoms with Crippen LogP contribution in [-0.2, 0) is 0 Å². The molecule has 0 heterocycles. The van der Waals surface area contributed by atoms with Crippen LogP contribution in [0.2, 0.25) is 0 Å². The van der Waals surface area contributed by atoms with Gasteiger partial charge < -0.3 is 5.32 Å². The molecule has 0 aromatic carbocycles. The zero-order valence-corrected chi connectivity index (χ0v) is 11.4. The lowest BCUT2D eigenvalue weighted by atomic mass is 10.1. The minimum absolute atomic E-state index is 0.783. The summed E-state index contributed by atoms with van der Waals surface area (Å²) in [5, 5.41) is 4.79. The zero-order valence-electron chi connectivity index (χ0n) is 10.6. The van der Waals surface area contributed by atoms with Crippen LogP contribution in [0.3, 0.4) is 0 Å². The molecule has 0 aromatic rings. The maximum absolute atomic E-state index is 3.87. The number of rotatable bonds is 7. The summed E-state index contributed by atoms with van der Waals surface area (Å²) in [6.45, 7) is 4.59. The van der Waals surface area contributed by atoms with E-state index < -0.39 is 0 Å². The Balaban J connectivity index is 2.25. The van der Waals surface area contributed by atoms with E-state index in [-0.39, 0.29) is 0 Å². The molecule has 1 fully saturated rings. The van der Waals surface area contributed by atoms with E-state index in [1.807, 2.05) is 11.8 Å². The van der Waals surface area contributed by atoms with E-state index in [1.165, 1.54) is 44.9 Å². The average Bonchev–Trinajstić information content (AvgIpc) is 2.66. The maximum Gasteiger partial charge on any atom is 0.00805 e. The monoisotopic (exact) mass is 229 g/mol. The van der Waals surface area contributed by atoms with Crippen LogP contribution < -0.4 is 5.32 Å². The van der Waals surface area contributed by atoms with Gasteiger partial charge in [-0.1, -0.05) is 26.7 Å². The fraction of sp³-hybridized carbons (Fsp3) is 1.00. The first kappa shape index (κ1) is 13.4. The van der Waals surface area contributed by atoms with Gasteiger partial charge in [-0.2, -0.15) is 11.8 Å². The molecule has 15 heavy (non-hydrogen) atoms. The summed E-state index contributed by atoms with van der Waals surface area (Å²) < 4.78 is 0. The third kappa shape index (κ3) is 4.78. The van der Waals surface area contributed by atoms with Crippen LogP contribution >= 0.6 is 11.8 Å². The summed E-state index contributed by atoms with van der Waals surface area (Å²) in [7, 11) is 0. The maximum atomic E-state index is 3.87. The molecular formula is C13H27NS. The minimum atomic E-state index is 0.783. The topological polar surface area (TPSA) is 12.0 Å². The van der Waals surface area contributed by atoms with Gasteiger partial charge in [0.05, 0.1) is 0 Å². The number of hydrogen-bond donors (Lipinski definition) is 1. The Hall–Kier alpha value is 0.310. The van der Waals surface area contributed by atoms with Gasteiger partial charge in [-0.15, -0.1) is 0 Å². The van der Waals surface area contributed by atoms with E-state index in [0.29, 0.717) is 0 Å². The van der Waals surface area contributed by atoms with Crippen LogP contribution in [0.4, 0.5) is 0 Å². The van der Waals surface area contributed by atoms with Crippen molar-refractivity contribution in [3.05, 3.63) is 0 Å². The second kappa shape index (κ2) is 7.56. The largest absolute Gasteiger partial charge is 0.311 e. The third-order valence-electron chi connectivity index (χ3n) is 3.46. The predicted octanol–water partition coefficient (Wildman–Crippen LogP) is 3.83. The molecule has 0 spiro atoms. The normalized spacial score (nSPS) is 26.4. The molecule has 1 rings (SSSR count). The zero-order chi connectivity index (χ0) is 11.1. The van der Waals surface area contributed by atoms with Gasteiger partial charge in [0.1, 0.15) is 0 Å². The molecule has 1 N–H and O–H groups in total. The summed E-state index contributed by atoms with van der Waals surface area (Å²) in [6, 6.07) is 1.59. The van der Waals surface area contributed by atoms with Gasteiger partial charge in [-0.25, -0.2) is 0 Å². The van der Waals surface area contributed by atoms with Crippen molar-refractivity contribution in [1.29, 1.82) is 0 Å². The highest BCUT2D eigenvalue weighted by Gasteiger charge is 2.25. The smallest absolute Gasteiger partial charge is 0.00805 e. The van der Waals surface area contributed by atoms with Crippen molar-refractivity contribution in [2.45, 2.75) is 76.1 Å². The van der Waals surface area contributed by atoms with Crippen molar-refractivity contribution in [3.63, 3.8) is 0 Å². The quantitative estimate of drug-likeness (QED) is 0.712.